The summed E-state index contributed by atoms with van der Waals surface area (Å²) in [5, 5.41) is 5.78. The van der Waals surface area contributed by atoms with Crippen LogP contribution in [0.4, 0.5) is 17.1 Å². The zero-order valence-electron chi connectivity index (χ0n) is 39.0. The van der Waals surface area contributed by atoms with Gasteiger partial charge in [-0.1, -0.05) is 228 Å². The van der Waals surface area contributed by atoms with Crippen LogP contribution in [0.1, 0.15) is 49.9 Å². The predicted molar refractivity (Wildman–Crippen MR) is 290 cm³/mol. The smallest absolute Gasteiger partial charge is 0.180 e. The lowest BCUT2D eigenvalue weighted by molar-refractivity contribution is 0.660. The molecule has 0 saturated carbocycles. The average Bonchev–Trinajstić information content (AvgIpc) is 3.92. The van der Waals surface area contributed by atoms with Gasteiger partial charge in [-0.3, -0.25) is 0 Å². The molecule has 0 bridgehead atoms. The van der Waals surface area contributed by atoms with Gasteiger partial charge in [0.2, 0.25) is 0 Å². The molecule has 0 saturated heterocycles. The summed E-state index contributed by atoms with van der Waals surface area (Å²) in [6.45, 7) is 9.60. The van der Waals surface area contributed by atoms with Crippen LogP contribution in [-0.4, -0.2) is 8.07 Å². The van der Waals surface area contributed by atoms with Crippen molar-refractivity contribution >= 4 is 45.9 Å². The second-order valence-corrected chi connectivity index (χ2v) is 23.8. The quantitative estimate of drug-likeness (QED) is 0.144. The van der Waals surface area contributed by atoms with E-state index in [1.165, 1.54) is 98.6 Å². The van der Waals surface area contributed by atoms with Gasteiger partial charge < -0.3 is 4.90 Å². The Kier molecular flexibility index (Phi) is 9.00. The molecule has 0 fully saturated rings. The molecule has 3 aliphatic rings. The summed E-state index contributed by atoms with van der Waals surface area (Å²) >= 11 is 0. The van der Waals surface area contributed by atoms with E-state index in [0.717, 1.165) is 17.1 Å². The summed E-state index contributed by atoms with van der Waals surface area (Å²) in [5.41, 5.74) is 21.6. The van der Waals surface area contributed by atoms with Gasteiger partial charge in [0.25, 0.3) is 0 Å². The molecule has 0 radical (unpaired) electrons. The Balaban J connectivity index is 0.962. The topological polar surface area (TPSA) is 3.24 Å². The highest BCUT2D eigenvalue weighted by molar-refractivity contribution is 7.22. The summed E-state index contributed by atoms with van der Waals surface area (Å²) in [4.78, 5) is 2.47. The van der Waals surface area contributed by atoms with Crippen LogP contribution in [-0.2, 0) is 10.8 Å². The summed E-state index contributed by atoms with van der Waals surface area (Å²) < 4.78 is 0. The van der Waals surface area contributed by atoms with Gasteiger partial charge in [0.05, 0.1) is 0 Å². The predicted octanol–water partition coefficient (Wildman–Crippen LogP) is 14.5. The van der Waals surface area contributed by atoms with E-state index in [-0.39, 0.29) is 10.8 Å². The molecule has 10 aromatic rings. The van der Waals surface area contributed by atoms with Gasteiger partial charge in [-0.25, -0.2) is 0 Å². The van der Waals surface area contributed by atoms with E-state index in [2.05, 4.69) is 269 Å². The zero-order chi connectivity index (χ0) is 45.8. The number of nitrogens with zero attached hydrogens (tertiary/aromatic N) is 1. The molecule has 1 nitrogen and oxygen atoms in total. The second kappa shape index (κ2) is 15.1. The van der Waals surface area contributed by atoms with Crippen LogP contribution in [0.3, 0.4) is 0 Å². The third-order valence-electron chi connectivity index (χ3n) is 15.7. The molecule has 2 heteroatoms. The third-order valence-corrected chi connectivity index (χ3v) is 20.6. The number of hydrogen-bond acceptors (Lipinski definition) is 1. The van der Waals surface area contributed by atoms with Crippen LogP contribution in [0.15, 0.2) is 237 Å². The summed E-state index contributed by atoms with van der Waals surface area (Å²) in [6.07, 6.45) is 0. The molecular formula is C66H51NSi. The van der Waals surface area contributed by atoms with E-state index in [1.807, 2.05) is 0 Å². The third kappa shape index (κ3) is 5.80. The Morgan fingerprint density at radius 2 is 0.794 bits per heavy atom. The van der Waals surface area contributed by atoms with E-state index >= 15 is 0 Å². The Hall–Kier alpha value is -7.78. The average molecular weight is 886 g/mol. The minimum Gasteiger partial charge on any atom is -0.310 e. The van der Waals surface area contributed by atoms with Crippen molar-refractivity contribution in [1.29, 1.82) is 0 Å². The number of anilines is 3. The van der Waals surface area contributed by atoms with Gasteiger partial charge in [0, 0.05) is 27.9 Å². The largest absolute Gasteiger partial charge is 0.310 e. The first-order valence-electron chi connectivity index (χ1n) is 24.1. The van der Waals surface area contributed by atoms with Gasteiger partial charge >= 0.3 is 0 Å². The highest BCUT2D eigenvalue weighted by Crippen LogP contribution is 2.55. The number of fused-ring (bicyclic) bond motifs is 9. The van der Waals surface area contributed by atoms with Crippen molar-refractivity contribution in [2.75, 3.05) is 4.90 Å². The Bertz CT molecular complexity index is 3570. The highest BCUT2D eigenvalue weighted by atomic mass is 28.3. The Morgan fingerprint density at radius 3 is 1.53 bits per heavy atom. The number of benzene rings is 10. The van der Waals surface area contributed by atoms with Gasteiger partial charge in [-0.05, 0) is 135 Å². The fourth-order valence-electron chi connectivity index (χ4n) is 12.6. The number of rotatable bonds is 7. The van der Waals surface area contributed by atoms with Crippen molar-refractivity contribution in [2.45, 2.75) is 38.5 Å². The van der Waals surface area contributed by atoms with Crippen LogP contribution < -0.4 is 25.6 Å². The van der Waals surface area contributed by atoms with Gasteiger partial charge in [0.1, 0.15) is 0 Å². The van der Waals surface area contributed by atoms with Gasteiger partial charge in [0.15, 0.2) is 8.07 Å². The summed E-state index contributed by atoms with van der Waals surface area (Å²) in [6, 6.07) is 89.4. The molecule has 0 amide bonds. The first-order chi connectivity index (χ1) is 33.2. The molecule has 0 atom stereocenters. The van der Waals surface area contributed by atoms with Crippen molar-refractivity contribution in [3.8, 4) is 55.6 Å². The minimum atomic E-state index is -2.66. The lowest BCUT2D eigenvalue weighted by atomic mass is 9.79. The first kappa shape index (κ1) is 40.5. The van der Waals surface area contributed by atoms with Crippen LogP contribution in [0, 0.1) is 0 Å². The zero-order valence-corrected chi connectivity index (χ0v) is 40.0. The highest BCUT2D eigenvalue weighted by Gasteiger charge is 2.49. The number of hydrogen-bond donors (Lipinski definition) is 0. The van der Waals surface area contributed by atoms with Crippen LogP contribution in [0.25, 0.3) is 55.6 Å². The van der Waals surface area contributed by atoms with E-state index in [1.54, 1.807) is 0 Å². The van der Waals surface area contributed by atoms with Crippen LogP contribution in [0.5, 0.6) is 0 Å². The molecule has 0 N–H and O–H groups in total. The second-order valence-electron chi connectivity index (χ2n) is 20.0. The molecule has 1 heterocycles. The normalized spacial score (nSPS) is 14.8. The fourth-order valence-corrected chi connectivity index (χ4v) is 17.8. The van der Waals surface area contributed by atoms with Crippen molar-refractivity contribution in [3.63, 3.8) is 0 Å². The fraction of sp³-hybridized carbons (Fsp3) is 0.0909. The first-order valence-corrected chi connectivity index (χ1v) is 26.1. The minimum absolute atomic E-state index is 0.118. The SMILES string of the molecule is CC1(C)c2ccccc2-c2ccc(N(c3ccc(-c4ccccc4)cc3)c3ccc4c(c3)-c3cccc(-c5cccc([Si]6(c7ccccc7)c7ccccc7-c7ccccc76)c5)c3C4(C)C)cc21. The van der Waals surface area contributed by atoms with E-state index in [0.29, 0.717) is 0 Å². The molecule has 324 valence electrons. The van der Waals surface area contributed by atoms with Crippen molar-refractivity contribution in [3.05, 3.63) is 259 Å². The van der Waals surface area contributed by atoms with Crippen molar-refractivity contribution < 1.29 is 0 Å². The maximum atomic E-state index is 2.55. The molecular weight excluding hydrogens is 835 g/mol. The molecule has 0 spiro atoms. The molecule has 10 aromatic carbocycles. The molecule has 0 aromatic heterocycles. The molecule has 0 unspecified atom stereocenters. The molecule has 68 heavy (non-hydrogen) atoms. The van der Waals surface area contributed by atoms with Crippen molar-refractivity contribution in [1.82, 2.24) is 0 Å². The van der Waals surface area contributed by atoms with Gasteiger partial charge in [-0.2, -0.15) is 0 Å². The van der Waals surface area contributed by atoms with E-state index in [9.17, 15) is 0 Å². The lowest BCUT2D eigenvalue weighted by Crippen LogP contribution is -2.72. The summed E-state index contributed by atoms with van der Waals surface area (Å²) in [5.74, 6) is 0. The molecule has 1 aliphatic heterocycles. The Morgan fingerprint density at radius 1 is 0.294 bits per heavy atom. The maximum absolute atomic E-state index is 2.66. The monoisotopic (exact) mass is 885 g/mol. The van der Waals surface area contributed by atoms with E-state index < -0.39 is 8.07 Å². The maximum Gasteiger partial charge on any atom is 0.180 e. The lowest BCUT2D eigenvalue weighted by Gasteiger charge is -2.32. The van der Waals surface area contributed by atoms with Crippen LogP contribution >= 0.6 is 0 Å². The standard InChI is InChI=1S/C66H51NSi/c1-65(2)59-30-14-11-25-53(59)54-39-37-49(43-61(54)65)67(47-35-33-45(34-36-47)44-19-7-5-8-20-44)48-38-40-60-58(42-48)57-29-18-28-52(64(57)66(60,3)4)46-21-17-24-51(41-46)68(50-22-9-6-10-23-50)62-31-15-12-26-55(62)56-27-13-16-32-63(56)68/h5-43H,1-4H3. The van der Waals surface area contributed by atoms with Crippen molar-refractivity contribution in [2.24, 2.45) is 0 Å². The van der Waals surface area contributed by atoms with E-state index in [4.69, 9.17) is 0 Å². The molecule has 2 aliphatic carbocycles. The van der Waals surface area contributed by atoms with Crippen LogP contribution in [0.2, 0.25) is 0 Å². The Labute approximate surface area is 401 Å². The van der Waals surface area contributed by atoms with Gasteiger partial charge in [-0.15, -0.1) is 0 Å². The molecule has 13 rings (SSSR count). The summed E-state index contributed by atoms with van der Waals surface area (Å²) in [7, 11) is -2.66.